The van der Waals surface area contributed by atoms with Crippen LogP contribution in [0.15, 0.2) is 63.6 Å². The Bertz CT molecular complexity index is 1510. The van der Waals surface area contributed by atoms with E-state index < -0.39 is 32.7 Å². The van der Waals surface area contributed by atoms with Gasteiger partial charge in [-0.3, -0.25) is 14.2 Å². The highest BCUT2D eigenvalue weighted by molar-refractivity contribution is 7.94. The summed E-state index contributed by atoms with van der Waals surface area (Å²) in [4.78, 5) is 29.6. The second-order valence-corrected chi connectivity index (χ2v) is 11.1. The molecule has 0 saturated carbocycles. The first-order chi connectivity index (χ1) is 15.1. The van der Waals surface area contributed by atoms with Crippen molar-refractivity contribution in [3.05, 3.63) is 86.5 Å². The summed E-state index contributed by atoms with van der Waals surface area (Å²) in [7, 11) is -3.75. The summed E-state index contributed by atoms with van der Waals surface area (Å²) in [5, 5.41) is 0.161. The fourth-order valence-electron chi connectivity index (χ4n) is 3.36. The number of fused-ring (bicyclic) bond motifs is 1. The number of aromatic nitrogens is 2. The molecule has 4 aromatic rings. The summed E-state index contributed by atoms with van der Waals surface area (Å²) in [6, 6.07) is 13.3. The Labute approximate surface area is 191 Å². The fourth-order valence-corrected chi connectivity index (χ4v) is 6.17. The van der Waals surface area contributed by atoms with Crippen LogP contribution in [-0.4, -0.2) is 29.5 Å². The van der Waals surface area contributed by atoms with E-state index in [2.05, 4.69) is 4.98 Å². The lowest BCUT2D eigenvalue weighted by Gasteiger charge is -2.11. The molecule has 0 aliphatic heterocycles. The Hall–Kier alpha value is -2.88. The molecule has 10 heteroatoms. The van der Waals surface area contributed by atoms with Crippen LogP contribution in [0.4, 0.5) is 4.39 Å². The summed E-state index contributed by atoms with van der Waals surface area (Å²) in [5.74, 6) is -1.18. The number of ketones is 1. The summed E-state index contributed by atoms with van der Waals surface area (Å²) in [6.45, 7) is 1.67. The van der Waals surface area contributed by atoms with E-state index >= 15 is 0 Å². The number of Topliss-reactive ketones (excluding diaryl/α,β-unsaturated/α-hetero) is 1. The van der Waals surface area contributed by atoms with Crippen molar-refractivity contribution in [2.75, 3.05) is 5.75 Å². The minimum atomic E-state index is -3.75. The normalized spacial score (nSPS) is 11.7. The van der Waals surface area contributed by atoms with Crippen LogP contribution < -0.4 is 5.56 Å². The molecule has 2 aromatic heterocycles. The van der Waals surface area contributed by atoms with Gasteiger partial charge in [-0.1, -0.05) is 23.7 Å². The third-order valence-corrected chi connectivity index (χ3v) is 8.29. The molecule has 0 fully saturated rings. The maximum atomic E-state index is 13.6. The van der Waals surface area contributed by atoms with Crippen molar-refractivity contribution in [3.8, 4) is 5.69 Å². The van der Waals surface area contributed by atoms with Crippen molar-refractivity contribution in [1.82, 2.24) is 9.55 Å². The first-order valence-corrected chi connectivity index (χ1v) is 12.3. The van der Waals surface area contributed by atoms with Gasteiger partial charge in [0, 0.05) is 6.42 Å². The van der Waals surface area contributed by atoms with E-state index in [0.717, 1.165) is 17.4 Å². The van der Waals surface area contributed by atoms with Crippen molar-refractivity contribution >= 4 is 49.5 Å². The van der Waals surface area contributed by atoms with Crippen molar-refractivity contribution in [2.45, 2.75) is 17.6 Å². The largest absolute Gasteiger partial charge is 0.298 e. The van der Waals surface area contributed by atoms with Crippen LogP contribution in [-0.2, 0) is 21.1 Å². The average Bonchev–Trinajstić information content (AvgIpc) is 3.17. The van der Waals surface area contributed by atoms with Crippen molar-refractivity contribution in [2.24, 2.45) is 0 Å². The Morgan fingerprint density at radius 3 is 2.50 bits per heavy atom. The van der Waals surface area contributed by atoms with E-state index in [9.17, 15) is 22.4 Å². The first-order valence-electron chi connectivity index (χ1n) is 9.42. The topological polar surface area (TPSA) is 86.1 Å². The SMILES string of the molecule is Cc1nc2ccc(F)cc2c(=O)n1-c1ccc(CC(=O)CS(=O)(=O)c2ccc(Cl)s2)cc1. The van der Waals surface area contributed by atoms with Crippen LogP contribution in [0.5, 0.6) is 0 Å². The Kier molecular flexibility index (Phi) is 5.98. The molecule has 2 heterocycles. The summed E-state index contributed by atoms with van der Waals surface area (Å²) in [6.07, 6.45) is -0.0757. The molecular formula is C22H16ClFN2O4S2. The quantitative estimate of drug-likeness (QED) is 0.405. The van der Waals surface area contributed by atoms with Gasteiger partial charge >= 0.3 is 0 Å². The average molecular weight is 491 g/mol. The van der Waals surface area contributed by atoms with Crippen molar-refractivity contribution in [3.63, 3.8) is 0 Å². The van der Waals surface area contributed by atoms with Gasteiger partial charge in [0.05, 0.1) is 20.9 Å². The number of nitrogens with zero attached hydrogens (tertiary/aromatic N) is 2. The molecule has 0 aliphatic rings. The molecule has 0 atom stereocenters. The van der Waals surface area contributed by atoms with Gasteiger partial charge in [-0.2, -0.15) is 0 Å². The minimum absolute atomic E-state index is 0.0567. The molecule has 32 heavy (non-hydrogen) atoms. The molecule has 0 unspecified atom stereocenters. The molecule has 0 bridgehead atoms. The number of carbonyl (C=O) groups is 1. The van der Waals surface area contributed by atoms with Gasteiger partial charge in [0.1, 0.15) is 21.6 Å². The van der Waals surface area contributed by atoms with Gasteiger partial charge in [-0.25, -0.2) is 17.8 Å². The Morgan fingerprint density at radius 2 is 1.84 bits per heavy atom. The van der Waals surface area contributed by atoms with E-state index in [1.165, 1.54) is 28.8 Å². The molecule has 0 N–H and O–H groups in total. The predicted octanol–water partition coefficient (Wildman–Crippen LogP) is 4.13. The third kappa shape index (κ3) is 4.50. The molecule has 164 valence electrons. The summed E-state index contributed by atoms with van der Waals surface area (Å²) < 4.78 is 40.0. The van der Waals surface area contributed by atoms with E-state index in [1.807, 2.05) is 0 Å². The number of hydrogen-bond donors (Lipinski definition) is 0. The van der Waals surface area contributed by atoms with Gasteiger partial charge in [-0.15, -0.1) is 11.3 Å². The van der Waals surface area contributed by atoms with Gasteiger partial charge in [0.25, 0.3) is 5.56 Å². The van der Waals surface area contributed by atoms with Gasteiger partial charge < -0.3 is 0 Å². The van der Waals surface area contributed by atoms with Gasteiger partial charge in [-0.05, 0) is 55.0 Å². The monoisotopic (exact) mass is 490 g/mol. The first kappa shape index (κ1) is 22.3. The number of rotatable bonds is 6. The van der Waals surface area contributed by atoms with Gasteiger partial charge in [0.2, 0.25) is 0 Å². The molecule has 0 spiro atoms. The number of aryl methyl sites for hydroxylation is 1. The summed E-state index contributed by atoms with van der Waals surface area (Å²) >= 11 is 6.69. The molecule has 0 aliphatic carbocycles. The highest BCUT2D eigenvalue weighted by Crippen LogP contribution is 2.26. The lowest BCUT2D eigenvalue weighted by molar-refractivity contribution is -0.116. The van der Waals surface area contributed by atoms with Crippen LogP contribution >= 0.6 is 22.9 Å². The smallest absolute Gasteiger partial charge is 0.266 e. The maximum absolute atomic E-state index is 13.6. The molecule has 2 aromatic carbocycles. The van der Waals surface area contributed by atoms with Gasteiger partial charge in [0.15, 0.2) is 15.6 Å². The molecule has 0 radical (unpaired) electrons. The van der Waals surface area contributed by atoms with Crippen LogP contribution in [0.3, 0.4) is 0 Å². The van der Waals surface area contributed by atoms with Crippen molar-refractivity contribution in [1.29, 1.82) is 0 Å². The maximum Gasteiger partial charge on any atom is 0.266 e. The molecule has 0 saturated heterocycles. The minimum Gasteiger partial charge on any atom is -0.298 e. The number of thiophene rings is 1. The number of benzene rings is 2. The third-order valence-electron chi connectivity index (χ3n) is 4.80. The zero-order valence-corrected chi connectivity index (χ0v) is 19.1. The predicted molar refractivity (Wildman–Crippen MR) is 122 cm³/mol. The fraction of sp³-hybridized carbons (Fsp3) is 0.136. The zero-order valence-electron chi connectivity index (χ0n) is 16.7. The second kappa shape index (κ2) is 8.57. The molecule has 4 rings (SSSR count). The zero-order chi connectivity index (χ0) is 23.0. The molecular weight excluding hydrogens is 475 g/mol. The highest BCUT2D eigenvalue weighted by atomic mass is 35.5. The lowest BCUT2D eigenvalue weighted by atomic mass is 10.1. The van der Waals surface area contributed by atoms with Crippen LogP contribution in [0.1, 0.15) is 11.4 Å². The summed E-state index contributed by atoms with van der Waals surface area (Å²) in [5.41, 5.74) is 1.10. The highest BCUT2D eigenvalue weighted by Gasteiger charge is 2.21. The van der Waals surface area contributed by atoms with Crippen LogP contribution in [0.25, 0.3) is 16.6 Å². The molecule has 6 nitrogen and oxygen atoms in total. The Balaban J connectivity index is 1.56. The van der Waals surface area contributed by atoms with E-state index in [0.29, 0.717) is 26.9 Å². The van der Waals surface area contributed by atoms with Crippen LogP contribution in [0, 0.1) is 12.7 Å². The number of halogens is 2. The van der Waals surface area contributed by atoms with E-state index in [1.54, 1.807) is 31.2 Å². The number of sulfone groups is 1. The molecule has 0 amide bonds. The lowest BCUT2D eigenvalue weighted by Crippen LogP contribution is -2.22. The van der Waals surface area contributed by atoms with E-state index in [4.69, 9.17) is 11.6 Å². The number of carbonyl (C=O) groups excluding carboxylic acids is 1. The van der Waals surface area contributed by atoms with E-state index in [-0.39, 0.29) is 16.0 Å². The Morgan fingerprint density at radius 1 is 1.12 bits per heavy atom. The second-order valence-electron chi connectivity index (χ2n) is 7.16. The number of hydrogen-bond acceptors (Lipinski definition) is 6. The van der Waals surface area contributed by atoms with Crippen molar-refractivity contribution < 1.29 is 17.6 Å². The van der Waals surface area contributed by atoms with Crippen LogP contribution in [0.2, 0.25) is 4.34 Å². The standard InChI is InChI=1S/C22H16ClFN2O4S2/c1-13-25-19-7-4-15(24)11-18(19)22(28)26(13)16-5-2-14(3-6-16)10-17(27)12-32(29,30)21-9-8-20(23)31-21/h2-9,11H,10,12H2,1H3.